The third-order valence-electron chi connectivity index (χ3n) is 13.6. The highest BCUT2D eigenvalue weighted by atomic mass is 32.1. The van der Waals surface area contributed by atoms with Crippen LogP contribution in [0.15, 0.2) is 121 Å². The number of hydrogen-bond acceptors (Lipinski definition) is 18. The fourth-order valence-corrected chi connectivity index (χ4v) is 9.95. The van der Waals surface area contributed by atoms with E-state index in [2.05, 4.69) is 23.2 Å². The standard InChI is InChI=1S/C61H69N3O14S/c1-4-55(65)73-38-14-8-6-12-36-71-47-26-30-49(31-27-47)75-57(67)42-18-20-44(21-19-42)59(69)77-51-34-35-53(46(40-51)41-62-64(3)61-63-52-16-10-11-17-54(52)79-61)78-60(70)45-24-22-43(23-25-45)58(68)76-50-32-28-48(29-33-50)72-37-13-7-9-15-39-74-56(66)5-2/h4-5,10-11,16-17,26-35,40-45H,1-2,6-9,12-15,18-25,36-39H2,3H3/b62-41+. The number of carbonyl (C=O) groups excluding carboxylic acids is 6. The lowest BCUT2D eigenvalue weighted by Crippen LogP contribution is -2.30. The van der Waals surface area contributed by atoms with E-state index >= 15 is 0 Å². The summed E-state index contributed by atoms with van der Waals surface area (Å²) in [4.78, 5) is 80.7. The van der Waals surface area contributed by atoms with Gasteiger partial charge in [0.1, 0.15) is 34.5 Å². The molecule has 4 aromatic carbocycles. The van der Waals surface area contributed by atoms with E-state index < -0.39 is 35.7 Å². The molecular weight excluding hydrogens is 1030 g/mol. The maximum Gasteiger partial charge on any atom is 0.330 e. The molecule has 7 rings (SSSR count). The van der Waals surface area contributed by atoms with Gasteiger partial charge in [0.15, 0.2) is 0 Å². The number of hydrogen-bond donors (Lipinski definition) is 0. The van der Waals surface area contributed by atoms with Crippen molar-refractivity contribution in [2.75, 3.05) is 38.5 Å². The average molecular weight is 1100 g/mol. The molecule has 5 aromatic rings. The maximum absolute atomic E-state index is 13.8. The minimum atomic E-state index is -0.461. The summed E-state index contributed by atoms with van der Waals surface area (Å²) < 4.78 is 46.0. The van der Waals surface area contributed by atoms with Crippen LogP contribution in [0.1, 0.15) is 108 Å². The van der Waals surface area contributed by atoms with E-state index in [1.165, 1.54) is 17.6 Å². The highest BCUT2D eigenvalue weighted by Gasteiger charge is 2.34. The van der Waals surface area contributed by atoms with E-state index in [1.54, 1.807) is 78.8 Å². The lowest BCUT2D eigenvalue weighted by atomic mass is 9.82. The van der Waals surface area contributed by atoms with Gasteiger partial charge in [0.05, 0.1) is 66.5 Å². The van der Waals surface area contributed by atoms with Gasteiger partial charge in [0.25, 0.3) is 0 Å². The summed E-state index contributed by atoms with van der Waals surface area (Å²) in [5, 5.41) is 6.90. The van der Waals surface area contributed by atoms with Crippen LogP contribution in [0.4, 0.5) is 5.13 Å². The zero-order valence-corrected chi connectivity index (χ0v) is 45.5. The molecular formula is C61H69N3O14S. The Bertz CT molecular complexity index is 2840. The summed E-state index contributed by atoms with van der Waals surface area (Å²) in [5.41, 5.74) is 1.23. The number of unbranched alkanes of at least 4 members (excludes halogenated alkanes) is 6. The van der Waals surface area contributed by atoms with Crippen molar-refractivity contribution >= 4 is 68.7 Å². The van der Waals surface area contributed by atoms with Gasteiger partial charge in [0.2, 0.25) is 5.13 Å². The minimum Gasteiger partial charge on any atom is -0.494 e. The summed E-state index contributed by atoms with van der Waals surface area (Å²) in [5.74, 6) is -1.47. The smallest absolute Gasteiger partial charge is 0.330 e. The zero-order chi connectivity index (χ0) is 55.8. The Morgan fingerprint density at radius 2 is 0.937 bits per heavy atom. The Balaban J connectivity index is 0.865. The van der Waals surface area contributed by atoms with Crippen molar-refractivity contribution < 1.29 is 66.7 Å². The molecule has 0 atom stereocenters. The number of thiazole rings is 1. The number of hydrazone groups is 1. The van der Waals surface area contributed by atoms with E-state index in [1.807, 2.05) is 24.3 Å². The van der Waals surface area contributed by atoms with Crippen molar-refractivity contribution in [3.8, 4) is 34.5 Å². The molecule has 0 N–H and O–H groups in total. The number of carbonyl (C=O) groups is 6. The Labute approximate surface area is 464 Å². The number of rotatable bonds is 29. The summed E-state index contributed by atoms with van der Waals surface area (Å²) in [6, 6.07) is 26.4. The first-order chi connectivity index (χ1) is 38.4. The van der Waals surface area contributed by atoms with Crippen LogP contribution in [0.25, 0.3) is 10.2 Å². The number of aromatic nitrogens is 1. The second kappa shape index (κ2) is 30.9. The normalized spacial score (nSPS) is 17.0. The molecule has 17 nitrogen and oxygen atoms in total. The summed E-state index contributed by atoms with van der Waals surface area (Å²) >= 11 is 1.47. The molecule has 0 aliphatic heterocycles. The molecule has 1 aromatic heterocycles. The van der Waals surface area contributed by atoms with Gasteiger partial charge < -0.3 is 37.9 Å². The van der Waals surface area contributed by atoms with Gasteiger partial charge in [-0.2, -0.15) is 5.10 Å². The predicted octanol–water partition coefficient (Wildman–Crippen LogP) is 11.7. The van der Waals surface area contributed by atoms with Crippen LogP contribution in [0.5, 0.6) is 34.5 Å². The fraction of sp³-hybridized carbons (Fsp3) is 0.410. The topological polar surface area (TPSA) is 205 Å². The quantitative estimate of drug-likeness (QED) is 0.0109. The van der Waals surface area contributed by atoms with Gasteiger partial charge >= 0.3 is 35.8 Å². The lowest BCUT2D eigenvalue weighted by Gasteiger charge is -2.26. The van der Waals surface area contributed by atoms with Gasteiger partial charge in [-0.05, 0) is 182 Å². The predicted molar refractivity (Wildman–Crippen MR) is 299 cm³/mol. The molecule has 0 radical (unpaired) electrons. The first-order valence-electron chi connectivity index (χ1n) is 27.1. The van der Waals surface area contributed by atoms with Gasteiger partial charge in [-0.1, -0.05) is 36.6 Å². The van der Waals surface area contributed by atoms with E-state index in [-0.39, 0.29) is 35.3 Å². The second-order valence-corrected chi connectivity index (χ2v) is 20.4. The SMILES string of the molecule is C=CC(=O)OCCCCCCOc1ccc(OC(=O)C2CCC(C(=O)Oc3ccc(OC(=O)C4CCC(C(=O)Oc5ccc(OCCCCCCOC(=O)C=C)cc5)CC4)c(/C=N/N(C)c4nc5ccccc5s4)c3)CC2)cc1. The minimum absolute atomic E-state index is 0.221. The molecule has 0 saturated heterocycles. The third-order valence-corrected chi connectivity index (χ3v) is 14.8. The monoisotopic (exact) mass is 1100 g/mol. The van der Waals surface area contributed by atoms with E-state index in [0.29, 0.717) is 111 Å². The summed E-state index contributed by atoms with van der Waals surface area (Å²) in [7, 11) is 1.76. The lowest BCUT2D eigenvalue weighted by molar-refractivity contribution is -0.145. The van der Waals surface area contributed by atoms with Crippen LogP contribution >= 0.6 is 11.3 Å². The maximum atomic E-state index is 13.8. The van der Waals surface area contributed by atoms with Crippen LogP contribution in [-0.2, 0) is 38.2 Å². The van der Waals surface area contributed by atoms with Crippen molar-refractivity contribution in [3.05, 3.63) is 122 Å². The largest absolute Gasteiger partial charge is 0.494 e. The number of anilines is 1. The van der Waals surface area contributed by atoms with Crippen molar-refractivity contribution in [2.45, 2.75) is 103 Å². The molecule has 2 saturated carbocycles. The Kier molecular flexibility index (Phi) is 23.0. The van der Waals surface area contributed by atoms with Gasteiger partial charge in [-0.3, -0.25) is 19.2 Å². The first-order valence-corrected chi connectivity index (χ1v) is 27.9. The highest BCUT2D eigenvalue weighted by molar-refractivity contribution is 7.22. The van der Waals surface area contributed by atoms with E-state index in [0.717, 1.165) is 73.7 Å². The summed E-state index contributed by atoms with van der Waals surface area (Å²) in [6.45, 7) is 8.57. The van der Waals surface area contributed by atoms with Gasteiger partial charge in [-0.25, -0.2) is 19.6 Å². The summed E-state index contributed by atoms with van der Waals surface area (Å²) in [6.07, 6.45) is 14.3. The van der Waals surface area contributed by atoms with Crippen molar-refractivity contribution in [1.82, 2.24) is 4.98 Å². The van der Waals surface area contributed by atoms with Crippen molar-refractivity contribution in [3.63, 3.8) is 0 Å². The number of benzene rings is 4. The highest BCUT2D eigenvalue weighted by Crippen LogP contribution is 2.35. The van der Waals surface area contributed by atoms with E-state index in [4.69, 9.17) is 37.9 Å². The fourth-order valence-electron chi connectivity index (χ4n) is 9.07. The molecule has 79 heavy (non-hydrogen) atoms. The number of nitrogens with zero attached hydrogens (tertiary/aromatic N) is 3. The Hall–Kier alpha value is -7.86. The van der Waals surface area contributed by atoms with Crippen LogP contribution < -0.4 is 33.4 Å². The molecule has 2 aliphatic carbocycles. The van der Waals surface area contributed by atoms with Crippen LogP contribution in [0.2, 0.25) is 0 Å². The molecule has 0 spiro atoms. The molecule has 0 unspecified atom stereocenters. The van der Waals surface area contributed by atoms with Gasteiger partial charge in [0, 0.05) is 24.8 Å². The second-order valence-electron chi connectivity index (χ2n) is 19.4. The third kappa shape index (κ3) is 18.9. The van der Waals surface area contributed by atoms with Crippen molar-refractivity contribution in [1.29, 1.82) is 0 Å². The van der Waals surface area contributed by atoms with Crippen LogP contribution in [-0.4, -0.2) is 80.5 Å². The number of fused-ring (bicyclic) bond motifs is 1. The number of para-hydroxylation sites is 1. The number of esters is 6. The molecule has 18 heteroatoms. The molecule has 2 aliphatic rings. The molecule has 1 heterocycles. The van der Waals surface area contributed by atoms with Gasteiger partial charge in [-0.15, -0.1) is 0 Å². The molecule has 0 bridgehead atoms. The Morgan fingerprint density at radius 3 is 1.39 bits per heavy atom. The van der Waals surface area contributed by atoms with Crippen molar-refractivity contribution in [2.24, 2.45) is 28.8 Å². The van der Waals surface area contributed by atoms with Crippen LogP contribution in [0.3, 0.4) is 0 Å². The zero-order valence-electron chi connectivity index (χ0n) is 44.7. The molecule has 418 valence electrons. The molecule has 2 fully saturated rings. The Morgan fingerprint density at radius 1 is 0.532 bits per heavy atom. The number of ether oxygens (including phenoxy) is 8. The molecule has 0 amide bonds. The van der Waals surface area contributed by atoms with E-state index in [9.17, 15) is 28.8 Å². The first kappa shape index (κ1) is 58.8. The van der Waals surface area contributed by atoms with Crippen LogP contribution in [0, 0.1) is 23.7 Å². The average Bonchev–Trinajstić information content (AvgIpc) is 3.94.